The van der Waals surface area contributed by atoms with Crippen LogP contribution in [0.25, 0.3) is 17.3 Å². The summed E-state index contributed by atoms with van der Waals surface area (Å²) < 4.78 is 8.54. The van der Waals surface area contributed by atoms with Crippen LogP contribution in [0.15, 0.2) is 58.7 Å². The average Bonchev–Trinajstić information content (AvgIpc) is 3.27. The van der Waals surface area contributed by atoms with Gasteiger partial charge < -0.3 is 14.5 Å². The van der Waals surface area contributed by atoms with E-state index >= 15 is 0 Å². The third kappa shape index (κ3) is 4.99. The number of ether oxygens (including phenoxy) is 1. The van der Waals surface area contributed by atoms with Gasteiger partial charge in [-0.25, -0.2) is 19.3 Å². The molecule has 4 aromatic rings. The summed E-state index contributed by atoms with van der Waals surface area (Å²) in [5.74, 6) is 0.453. The van der Waals surface area contributed by atoms with Crippen LogP contribution in [-0.2, 0) is 4.74 Å². The minimum atomic E-state index is -0.509. The summed E-state index contributed by atoms with van der Waals surface area (Å²) in [6.07, 6.45) is 7.85. The monoisotopic (exact) mass is 565 g/mol. The third-order valence-corrected chi connectivity index (χ3v) is 7.21. The Morgan fingerprint density at radius 1 is 1.23 bits per heavy atom. The second kappa shape index (κ2) is 11.1. The molecule has 0 radical (unpaired) electrons. The number of rotatable bonds is 8. The van der Waals surface area contributed by atoms with Crippen molar-refractivity contribution in [3.8, 4) is 5.69 Å². The van der Waals surface area contributed by atoms with Crippen molar-refractivity contribution in [2.45, 2.75) is 24.5 Å². The molecular formula is C27H28ClN7O3S. The van der Waals surface area contributed by atoms with Gasteiger partial charge in [-0.05, 0) is 43.9 Å². The zero-order valence-corrected chi connectivity index (χ0v) is 23.6. The highest BCUT2D eigenvalue weighted by atomic mass is 35.5. The molecule has 10 nitrogen and oxygen atoms in total. The Morgan fingerprint density at radius 2 is 2.00 bits per heavy atom. The summed E-state index contributed by atoms with van der Waals surface area (Å²) in [4.78, 5) is 40.2. The van der Waals surface area contributed by atoms with Crippen molar-refractivity contribution in [2.75, 3.05) is 38.4 Å². The number of anilines is 1. The first-order chi connectivity index (χ1) is 18.8. The van der Waals surface area contributed by atoms with Crippen LogP contribution >= 0.6 is 23.4 Å². The fourth-order valence-electron chi connectivity index (χ4n) is 4.48. The van der Waals surface area contributed by atoms with Crippen LogP contribution < -0.4 is 10.5 Å². The number of hydrogen-bond donors (Lipinski definition) is 0. The average molecular weight is 566 g/mol. The number of esters is 1. The topological polar surface area (TPSA) is 97.9 Å². The van der Waals surface area contributed by atoms with Crippen LogP contribution in [0.3, 0.4) is 0 Å². The van der Waals surface area contributed by atoms with Crippen LogP contribution in [0, 0.1) is 0 Å². The number of halogens is 1. The summed E-state index contributed by atoms with van der Waals surface area (Å²) in [6.45, 7) is 2.58. The number of fused-ring (bicyclic) bond motifs is 1. The van der Waals surface area contributed by atoms with Crippen molar-refractivity contribution < 1.29 is 9.53 Å². The van der Waals surface area contributed by atoms with Gasteiger partial charge in [-0.2, -0.15) is 5.10 Å². The molecule has 1 aliphatic heterocycles. The van der Waals surface area contributed by atoms with Gasteiger partial charge in [0.05, 0.1) is 29.1 Å². The summed E-state index contributed by atoms with van der Waals surface area (Å²) in [5, 5.41) is 5.68. The summed E-state index contributed by atoms with van der Waals surface area (Å²) in [6, 6.07) is 10.6. The number of thioether (sulfide) groups is 1. The van der Waals surface area contributed by atoms with Crippen LogP contribution in [0.4, 0.5) is 5.82 Å². The fourth-order valence-corrected chi connectivity index (χ4v) is 5.07. The second-order valence-electron chi connectivity index (χ2n) is 9.08. The van der Waals surface area contributed by atoms with Crippen LogP contribution in [0.2, 0.25) is 5.02 Å². The number of nitrogens with zero attached hydrogens (tertiary/aromatic N) is 7. The molecule has 1 atom stereocenters. The number of hydrogen-bond acceptors (Lipinski definition) is 9. The zero-order chi connectivity index (χ0) is 27.7. The lowest BCUT2D eigenvalue weighted by atomic mass is 10.00. The van der Waals surface area contributed by atoms with E-state index < -0.39 is 5.97 Å². The molecule has 1 aliphatic rings. The Morgan fingerprint density at radius 3 is 2.64 bits per heavy atom. The highest BCUT2D eigenvalue weighted by Gasteiger charge is 2.39. The minimum Gasteiger partial charge on any atom is -0.462 e. The van der Waals surface area contributed by atoms with Crippen molar-refractivity contribution in [3.05, 3.63) is 81.3 Å². The lowest BCUT2D eigenvalue weighted by molar-refractivity contribution is 0.0525. The molecule has 0 amide bonds. The van der Waals surface area contributed by atoms with Crippen molar-refractivity contribution in [2.24, 2.45) is 0 Å². The Bertz CT molecular complexity index is 1620. The molecule has 0 saturated carbocycles. The summed E-state index contributed by atoms with van der Waals surface area (Å²) >= 11 is 7.75. The zero-order valence-electron chi connectivity index (χ0n) is 22.0. The van der Waals surface area contributed by atoms with Gasteiger partial charge in [-0.15, -0.1) is 0 Å². The van der Waals surface area contributed by atoms with Gasteiger partial charge in [-0.1, -0.05) is 41.6 Å². The molecule has 39 heavy (non-hydrogen) atoms. The van der Waals surface area contributed by atoms with Crippen molar-refractivity contribution >= 4 is 46.7 Å². The van der Waals surface area contributed by atoms with Gasteiger partial charge >= 0.3 is 5.97 Å². The molecule has 4 heterocycles. The smallest absolute Gasteiger partial charge is 0.344 e. The molecule has 1 aromatic carbocycles. The maximum atomic E-state index is 13.8. The first-order valence-corrected chi connectivity index (χ1v) is 14.0. The van der Waals surface area contributed by atoms with Crippen molar-refractivity contribution in [1.82, 2.24) is 29.0 Å². The predicted molar refractivity (Wildman–Crippen MR) is 153 cm³/mol. The van der Waals surface area contributed by atoms with Gasteiger partial charge in [0.25, 0.3) is 5.56 Å². The van der Waals surface area contributed by atoms with Gasteiger partial charge in [0, 0.05) is 33.0 Å². The maximum Gasteiger partial charge on any atom is 0.344 e. The molecular weight excluding hydrogens is 538 g/mol. The SMILES string of the molecule is CCOC(=O)c1c(/C=C/N(C)C)nc(SC)nc1N1CC[C@H]1c1nn2ccc(Cl)c2c(=O)n1-c1ccccc1. The molecule has 1 fully saturated rings. The molecule has 0 aliphatic carbocycles. The molecule has 5 rings (SSSR count). The molecule has 3 aromatic heterocycles. The van der Waals surface area contributed by atoms with Gasteiger partial charge in [0.1, 0.15) is 16.9 Å². The molecule has 202 valence electrons. The molecule has 0 bridgehead atoms. The Hall–Kier alpha value is -3.83. The number of carbonyl (C=O) groups is 1. The predicted octanol–water partition coefficient (Wildman–Crippen LogP) is 4.31. The standard InChI is InChI=1S/C27H28ClN7O3S/c1-5-38-26(37)21-19(12-14-32(2)3)29-27(39-4)30-24(21)33-15-13-20(33)23-31-34-16-11-18(28)22(34)25(36)35(23)17-9-7-6-8-10-17/h6-12,14,16,20H,5,13,15H2,1-4H3/b14-12+/t20-/m0/s1. The Balaban J connectivity index is 1.71. The van der Waals surface area contributed by atoms with Crippen molar-refractivity contribution in [1.29, 1.82) is 0 Å². The lowest BCUT2D eigenvalue weighted by Crippen LogP contribution is -2.46. The van der Waals surface area contributed by atoms with E-state index in [1.165, 1.54) is 16.3 Å². The van der Waals surface area contributed by atoms with E-state index in [-0.39, 0.29) is 23.8 Å². The second-order valence-corrected chi connectivity index (χ2v) is 10.3. The van der Waals surface area contributed by atoms with E-state index in [1.54, 1.807) is 29.8 Å². The normalized spacial score (nSPS) is 15.1. The highest BCUT2D eigenvalue weighted by Crippen LogP contribution is 2.40. The third-order valence-electron chi connectivity index (χ3n) is 6.36. The Labute approximate surface area is 234 Å². The highest BCUT2D eigenvalue weighted by molar-refractivity contribution is 7.98. The fraction of sp³-hybridized carbons (Fsp3) is 0.296. The number of aromatic nitrogens is 5. The first-order valence-electron chi connectivity index (χ1n) is 12.4. The maximum absolute atomic E-state index is 13.8. The number of benzene rings is 1. The van der Waals surface area contributed by atoms with E-state index in [4.69, 9.17) is 26.4 Å². The molecule has 1 saturated heterocycles. The van der Waals surface area contributed by atoms with Crippen LogP contribution in [0.1, 0.15) is 41.3 Å². The van der Waals surface area contributed by atoms with E-state index in [2.05, 4.69) is 4.98 Å². The number of para-hydroxylation sites is 1. The Kier molecular flexibility index (Phi) is 7.62. The van der Waals surface area contributed by atoms with Crippen LogP contribution in [0.5, 0.6) is 0 Å². The minimum absolute atomic E-state index is 0.211. The largest absolute Gasteiger partial charge is 0.462 e. The molecule has 0 N–H and O–H groups in total. The first kappa shape index (κ1) is 26.8. The summed E-state index contributed by atoms with van der Waals surface area (Å²) in [7, 11) is 3.78. The molecule has 0 unspecified atom stereocenters. The van der Waals surface area contributed by atoms with Gasteiger partial charge in [-0.3, -0.25) is 9.36 Å². The van der Waals surface area contributed by atoms with Crippen molar-refractivity contribution in [3.63, 3.8) is 0 Å². The molecule has 0 spiro atoms. The number of carbonyl (C=O) groups excluding carboxylic acids is 1. The van der Waals surface area contributed by atoms with E-state index in [0.717, 1.165) is 0 Å². The molecule has 12 heteroatoms. The quantitative estimate of drug-likeness (QED) is 0.176. The van der Waals surface area contributed by atoms with E-state index in [1.807, 2.05) is 66.7 Å². The van der Waals surface area contributed by atoms with E-state index in [9.17, 15) is 9.59 Å². The van der Waals surface area contributed by atoms with Crippen LogP contribution in [-0.4, -0.2) is 68.5 Å². The van der Waals surface area contributed by atoms with Gasteiger partial charge in [0.15, 0.2) is 11.0 Å². The summed E-state index contributed by atoms with van der Waals surface area (Å²) in [5.41, 5.74) is 1.43. The lowest BCUT2D eigenvalue weighted by Gasteiger charge is -2.42. The van der Waals surface area contributed by atoms with Gasteiger partial charge in [0.2, 0.25) is 0 Å². The van der Waals surface area contributed by atoms with E-state index in [0.29, 0.717) is 51.7 Å².